The molecule has 1 saturated carbocycles. The summed E-state index contributed by atoms with van der Waals surface area (Å²) in [6.07, 6.45) is 7.31. The average Bonchev–Trinajstić information content (AvgIpc) is 3.50. The van der Waals surface area contributed by atoms with Crippen LogP contribution in [0.2, 0.25) is 0 Å². The van der Waals surface area contributed by atoms with Crippen LogP contribution in [0.4, 0.5) is 0 Å². The van der Waals surface area contributed by atoms with E-state index in [9.17, 15) is 13.2 Å². The molecule has 8 nitrogen and oxygen atoms in total. The van der Waals surface area contributed by atoms with E-state index in [4.69, 9.17) is 4.74 Å². The highest BCUT2D eigenvalue weighted by molar-refractivity contribution is 7.89. The zero-order valence-electron chi connectivity index (χ0n) is 19.5. The predicted molar refractivity (Wildman–Crippen MR) is 129 cm³/mol. The fourth-order valence-electron chi connectivity index (χ4n) is 4.26. The number of hydrogen-bond acceptors (Lipinski definition) is 5. The van der Waals surface area contributed by atoms with Gasteiger partial charge in [-0.25, -0.2) is 13.1 Å². The number of ether oxygens (including phenoxy) is 1. The van der Waals surface area contributed by atoms with Gasteiger partial charge >= 0.3 is 0 Å². The number of carbonyl (C=O) groups excluding carboxylic acids is 1. The zero-order chi connectivity index (χ0) is 24.1. The van der Waals surface area contributed by atoms with Crippen molar-refractivity contribution in [2.75, 3.05) is 14.2 Å². The Labute approximate surface area is 200 Å². The number of carbonyl (C=O) groups is 1. The monoisotopic (exact) mass is 482 g/mol. The average molecular weight is 483 g/mol. The Balaban J connectivity index is 1.47. The lowest BCUT2D eigenvalue weighted by atomic mass is 10.2. The summed E-state index contributed by atoms with van der Waals surface area (Å²) >= 11 is 0. The summed E-state index contributed by atoms with van der Waals surface area (Å²) in [5.41, 5.74) is 2.31. The van der Waals surface area contributed by atoms with Gasteiger partial charge < -0.3 is 9.64 Å². The van der Waals surface area contributed by atoms with Gasteiger partial charge in [-0.15, -0.1) is 0 Å². The number of nitrogens with one attached hydrogen (secondary N) is 1. The molecule has 1 aliphatic rings. The second-order valence-electron chi connectivity index (χ2n) is 8.66. The van der Waals surface area contributed by atoms with E-state index in [0.29, 0.717) is 13.1 Å². The van der Waals surface area contributed by atoms with Gasteiger partial charge in [0, 0.05) is 37.0 Å². The molecular formula is C25H30N4O4S. The lowest BCUT2D eigenvalue weighted by molar-refractivity contribution is 0.0784. The first kappa shape index (κ1) is 24.0. The van der Waals surface area contributed by atoms with Gasteiger partial charge in [-0.1, -0.05) is 43.2 Å². The van der Waals surface area contributed by atoms with Crippen molar-refractivity contribution in [3.63, 3.8) is 0 Å². The van der Waals surface area contributed by atoms with Gasteiger partial charge in [-0.05, 0) is 36.6 Å². The van der Waals surface area contributed by atoms with E-state index in [-0.39, 0.29) is 28.2 Å². The van der Waals surface area contributed by atoms with Crippen LogP contribution < -0.4 is 9.46 Å². The maximum Gasteiger partial charge on any atom is 0.253 e. The molecule has 0 spiro atoms. The number of benzene rings is 2. The fraction of sp³-hybridized carbons (Fsp3) is 0.360. The van der Waals surface area contributed by atoms with Crippen LogP contribution in [0.3, 0.4) is 0 Å². The minimum Gasteiger partial charge on any atom is -0.495 e. The molecule has 34 heavy (non-hydrogen) atoms. The number of nitrogens with zero attached hydrogens (tertiary/aromatic N) is 3. The molecule has 4 rings (SSSR count). The Morgan fingerprint density at radius 1 is 1.15 bits per heavy atom. The minimum absolute atomic E-state index is 0.0168. The van der Waals surface area contributed by atoms with Crippen molar-refractivity contribution in [1.82, 2.24) is 19.4 Å². The number of amides is 1. The highest BCUT2D eigenvalue weighted by Crippen LogP contribution is 2.28. The highest BCUT2D eigenvalue weighted by atomic mass is 32.2. The van der Waals surface area contributed by atoms with Crippen LogP contribution in [0.25, 0.3) is 0 Å². The van der Waals surface area contributed by atoms with Crippen LogP contribution in [-0.4, -0.2) is 49.2 Å². The SMILES string of the molecule is COc1ccc(C(=O)N(C)Cc2cnn(Cc3ccccc3)c2)cc1S(=O)(=O)NC1CCCC1. The molecule has 1 N–H and O–H groups in total. The van der Waals surface area contributed by atoms with E-state index in [1.54, 1.807) is 24.2 Å². The molecule has 3 aromatic rings. The van der Waals surface area contributed by atoms with Crippen LogP contribution in [0.1, 0.15) is 47.2 Å². The van der Waals surface area contributed by atoms with Crippen molar-refractivity contribution in [3.8, 4) is 5.75 Å². The van der Waals surface area contributed by atoms with Crippen molar-refractivity contribution in [1.29, 1.82) is 0 Å². The van der Waals surface area contributed by atoms with Crippen LogP contribution in [0.5, 0.6) is 5.75 Å². The first-order valence-electron chi connectivity index (χ1n) is 11.4. The maximum absolute atomic E-state index is 13.1. The summed E-state index contributed by atoms with van der Waals surface area (Å²) in [5, 5.41) is 4.39. The van der Waals surface area contributed by atoms with Crippen LogP contribution in [-0.2, 0) is 23.1 Å². The normalized spacial score (nSPS) is 14.3. The smallest absolute Gasteiger partial charge is 0.253 e. The molecule has 1 fully saturated rings. The molecule has 1 heterocycles. The molecule has 0 atom stereocenters. The molecule has 1 aliphatic carbocycles. The Hall–Kier alpha value is -3.17. The lowest BCUT2D eigenvalue weighted by Crippen LogP contribution is -2.33. The van der Waals surface area contributed by atoms with Gasteiger partial charge in [0.15, 0.2) is 0 Å². The molecule has 1 amide bonds. The van der Waals surface area contributed by atoms with E-state index in [1.165, 1.54) is 19.2 Å². The van der Waals surface area contributed by atoms with E-state index >= 15 is 0 Å². The van der Waals surface area contributed by atoms with Gasteiger partial charge in [0.2, 0.25) is 10.0 Å². The lowest BCUT2D eigenvalue weighted by Gasteiger charge is -2.19. The molecule has 2 aromatic carbocycles. The second-order valence-corrected chi connectivity index (χ2v) is 10.3. The Morgan fingerprint density at radius 3 is 2.59 bits per heavy atom. The fourth-order valence-corrected chi connectivity index (χ4v) is 5.76. The van der Waals surface area contributed by atoms with E-state index in [0.717, 1.165) is 36.8 Å². The minimum atomic E-state index is -3.81. The largest absolute Gasteiger partial charge is 0.495 e. The van der Waals surface area contributed by atoms with Crippen molar-refractivity contribution >= 4 is 15.9 Å². The van der Waals surface area contributed by atoms with Gasteiger partial charge in [0.25, 0.3) is 5.91 Å². The molecule has 0 saturated heterocycles. The molecule has 0 unspecified atom stereocenters. The third-order valence-electron chi connectivity index (χ3n) is 6.02. The molecule has 0 aliphatic heterocycles. The van der Waals surface area contributed by atoms with Crippen molar-refractivity contribution in [3.05, 3.63) is 77.6 Å². The molecule has 1 aromatic heterocycles. The van der Waals surface area contributed by atoms with Crippen LogP contribution >= 0.6 is 0 Å². The summed E-state index contributed by atoms with van der Waals surface area (Å²) in [4.78, 5) is 14.6. The quantitative estimate of drug-likeness (QED) is 0.504. The number of hydrogen-bond donors (Lipinski definition) is 1. The summed E-state index contributed by atoms with van der Waals surface area (Å²) < 4.78 is 35.9. The van der Waals surface area contributed by atoms with Gasteiger partial charge in [-0.3, -0.25) is 9.48 Å². The summed E-state index contributed by atoms with van der Waals surface area (Å²) in [5.74, 6) is -0.0670. The van der Waals surface area contributed by atoms with Gasteiger partial charge in [0.1, 0.15) is 10.6 Å². The number of aromatic nitrogens is 2. The Morgan fingerprint density at radius 2 is 1.88 bits per heavy atom. The summed E-state index contributed by atoms with van der Waals surface area (Å²) in [7, 11) is -0.705. The standard InChI is InChI=1S/C25H30N4O4S/c1-28(16-20-15-26-29(18-20)17-19-8-4-3-5-9-19)25(30)21-12-13-23(33-2)24(14-21)34(31,32)27-22-10-6-7-11-22/h3-5,8-9,12-15,18,22,27H,6-7,10-11,16-17H2,1-2H3. The number of sulfonamides is 1. The topological polar surface area (TPSA) is 93.5 Å². The van der Waals surface area contributed by atoms with E-state index < -0.39 is 10.0 Å². The van der Waals surface area contributed by atoms with Crippen molar-refractivity contribution < 1.29 is 17.9 Å². The maximum atomic E-state index is 13.1. The van der Waals surface area contributed by atoms with Crippen LogP contribution in [0.15, 0.2) is 65.8 Å². The predicted octanol–water partition coefficient (Wildman–Crippen LogP) is 3.43. The second kappa shape index (κ2) is 10.4. The first-order valence-corrected chi connectivity index (χ1v) is 12.8. The Kier molecular flexibility index (Phi) is 7.33. The molecule has 180 valence electrons. The molecule has 0 radical (unpaired) electrons. The summed E-state index contributed by atoms with van der Waals surface area (Å²) in [6.45, 7) is 0.994. The van der Waals surface area contributed by atoms with Crippen LogP contribution in [0, 0.1) is 0 Å². The molecule has 9 heteroatoms. The third kappa shape index (κ3) is 5.66. The molecule has 0 bridgehead atoms. The molecular weight excluding hydrogens is 452 g/mol. The van der Waals surface area contributed by atoms with Crippen molar-refractivity contribution in [2.45, 2.75) is 49.7 Å². The number of methoxy groups -OCH3 is 1. The van der Waals surface area contributed by atoms with Crippen molar-refractivity contribution in [2.24, 2.45) is 0 Å². The highest BCUT2D eigenvalue weighted by Gasteiger charge is 2.27. The first-order chi connectivity index (χ1) is 16.4. The Bertz CT molecular complexity index is 1230. The van der Waals surface area contributed by atoms with Gasteiger partial charge in [-0.2, -0.15) is 5.10 Å². The van der Waals surface area contributed by atoms with Gasteiger partial charge in [0.05, 0.1) is 19.9 Å². The zero-order valence-corrected chi connectivity index (χ0v) is 20.3. The van der Waals surface area contributed by atoms with E-state index in [1.807, 2.05) is 41.2 Å². The van der Waals surface area contributed by atoms with E-state index in [2.05, 4.69) is 9.82 Å². The third-order valence-corrected chi connectivity index (χ3v) is 7.56. The summed E-state index contributed by atoms with van der Waals surface area (Å²) in [6, 6.07) is 14.4. The number of rotatable bonds is 9.